The first-order valence-corrected chi connectivity index (χ1v) is 10.3. The third kappa shape index (κ3) is 4.19. The number of fused-ring (bicyclic) bond motifs is 1. The van der Waals surface area contributed by atoms with Crippen LogP contribution < -0.4 is 10.6 Å². The van der Waals surface area contributed by atoms with E-state index in [0.717, 1.165) is 53.5 Å². The number of H-pyrrole nitrogens is 1. The summed E-state index contributed by atoms with van der Waals surface area (Å²) in [5, 5.41) is 7.07. The minimum atomic E-state index is -0.106. The molecule has 0 aliphatic heterocycles. The predicted molar refractivity (Wildman–Crippen MR) is 116 cm³/mol. The molecule has 0 bridgehead atoms. The fourth-order valence-corrected chi connectivity index (χ4v) is 4.08. The fourth-order valence-electron chi connectivity index (χ4n) is 4.08. The van der Waals surface area contributed by atoms with E-state index >= 15 is 0 Å². The Hall–Kier alpha value is -3.08. The Morgan fingerprint density at radius 1 is 1.07 bits per heavy atom. The number of amides is 2. The first-order chi connectivity index (χ1) is 14.0. The molecule has 0 atom stereocenters. The molecule has 5 heteroatoms. The number of carbonyl (C=O) groups excluding carboxylic acids is 2. The molecule has 4 rings (SSSR count). The maximum absolute atomic E-state index is 12.6. The van der Waals surface area contributed by atoms with Gasteiger partial charge in [0.25, 0.3) is 5.91 Å². The summed E-state index contributed by atoms with van der Waals surface area (Å²) in [6, 6.07) is 13.4. The van der Waals surface area contributed by atoms with Crippen LogP contribution >= 0.6 is 0 Å². The Morgan fingerprint density at radius 3 is 2.66 bits per heavy atom. The number of aromatic amines is 1. The molecule has 150 valence electrons. The number of aryl methyl sites for hydroxylation is 2. The molecule has 5 nitrogen and oxygen atoms in total. The molecule has 1 aromatic heterocycles. The molecule has 1 heterocycles. The van der Waals surface area contributed by atoms with Gasteiger partial charge < -0.3 is 15.6 Å². The van der Waals surface area contributed by atoms with Crippen LogP contribution in [0.2, 0.25) is 0 Å². The molecule has 29 heavy (non-hydrogen) atoms. The fraction of sp³-hybridized carbons (Fsp3) is 0.333. The molecule has 2 aromatic carbocycles. The topological polar surface area (TPSA) is 74.0 Å². The van der Waals surface area contributed by atoms with Crippen LogP contribution in [0, 0.1) is 19.8 Å². The van der Waals surface area contributed by atoms with Crippen LogP contribution in [0.3, 0.4) is 0 Å². The Bertz CT molecular complexity index is 1060. The minimum Gasteiger partial charge on any atom is -0.358 e. The van der Waals surface area contributed by atoms with Crippen LogP contribution in [0.5, 0.6) is 0 Å². The molecule has 0 saturated heterocycles. The van der Waals surface area contributed by atoms with E-state index in [1.165, 1.54) is 5.56 Å². The van der Waals surface area contributed by atoms with Crippen molar-refractivity contribution in [2.24, 2.45) is 5.92 Å². The maximum Gasteiger partial charge on any atom is 0.251 e. The van der Waals surface area contributed by atoms with Crippen LogP contribution in [0.4, 0.5) is 5.69 Å². The first kappa shape index (κ1) is 19.2. The van der Waals surface area contributed by atoms with Crippen molar-refractivity contribution in [1.29, 1.82) is 0 Å². The highest BCUT2D eigenvalue weighted by atomic mass is 16.2. The van der Waals surface area contributed by atoms with Gasteiger partial charge in [0.15, 0.2) is 0 Å². The van der Waals surface area contributed by atoms with Crippen molar-refractivity contribution in [3.8, 4) is 0 Å². The van der Waals surface area contributed by atoms with E-state index in [-0.39, 0.29) is 17.7 Å². The lowest BCUT2D eigenvalue weighted by Gasteiger charge is -2.12. The quantitative estimate of drug-likeness (QED) is 0.584. The van der Waals surface area contributed by atoms with Crippen molar-refractivity contribution < 1.29 is 9.59 Å². The van der Waals surface area contributed by atoms with Crippen molar-refractivity contribution >= 4 is 28.4 Å². The van der Waals surface area contributed by atoms with Crippen molar-refractivity contribution in [2.45, 2.75) is 46.1 Å². The number of hydrogen-bond donors (Lipinski definition) is 3. The van der Waals surface area contributed by atoms with Crippen LogP contribution in [0.1, 0.15) is 52.9 Å². The number of hydrogen-bond acceptors (Lipinski definition) is 2. The van der Waals surface area contributed by atoms with Gasteiger partial charge >= 0.3 is 0 Å². The normalized spacial score (nSPS) is 14.3. The van der Waals surface area contributed by atoms with Crippen LogP contribution in [0.15, 0.2) is 42.5 Å². The number of aromatic nitrogens is 1. The summed E-state index contributed by atoms with van der Waals surface area (Å²) in [6.07, 6.45) is 4.23. The summed E-state index contributed by atoms with van der Waals surface area (Å²) in [5.41, 5.74) is 5.72. The molecule has 1 saturated carbocycles. The molecule has 3 N–H and O–H groups in total. The Kier molecular flexibility index (Phi) is 5.38. The van der Waals surface area contributed by atoms with Gasteiger partial charge in [-0.3, -0.25) is 9.59 Å². The third-order valence-corrected chi connectivity index (χ3v) is 5.94. The van der Waals surface area contributed by atoms with Crippen LogP contribution in [-0.2, 0) is 11.3 Å². The molecule has 1 aliphatic carbocycles. The van der Waals surface area contributed by atoms with Crippen molar-refractivity contribution in [3.63, 3.8) is 0 Å². The molecule has 0 unspecified atom stereocenters. The van der Waals surface area contributed by atoms with Gasteiger partial charge in [0.2, 0.25) is 5.91 Å². The van der Waals surface area contributed by atoms with Gasteiger partial charge in [0.1, 0.15) is 0 Å². The SMILES string of the molecule is Cc1[nH]c2ccc(C(=O)NCc3cccc(NC(=O)C4CCCC4)c3)cc2c1C. The molecule has 1 fully saturated rings. The largest absolute Gasteiger partial charge is 0.358 e. The van der Waals surface area contributed by atoms with E-state index in [9.17, 15) is 9.59 Å². The summed E-state index contributed by atoms with van der Waals surface area (Å²) >= 11 is 0. The molecule has 0 radical (unpaired) electrons. The van der Waals surface area contributed by atoms with E-state index in [0.29, 0.717) is 12.1 Å². The summed E-state index contributed by atoms with van der Waals surface area (Å²) in [5.74, 6) is 0.133. The lowest BCUT2D eigenvalue weighted by Crippen LogP contribution is -2.23. The predicted octanol–water partition coefficient (Wildman–Crippen LogP) is 4.84. The van der Waals surface area contributed by atoms with Crippen molar-refractivity contribution in [2.75, 3.05) is 5.32 Å². The first-order valence-electron chi connectivity index (χ1n) is 10.3. The average Bonchev–Trinajstić information content (AvgIpc) is 3.35. The van der Waals surface area contributed by atoms with E-state index in [4.69, 9.17) is 0 Å². The number of anilines is 1. The summed E-state index contributed by atoms with van der Waals surface area (Å²) < 4.78 is 0. The Morgan fingerprint density at radius 2 is 1.86 bits per heavy atom. The van der Waals surface area contributed by atoms with E-state index in [2.05, 4.69) is 22.5 Å². The van der Waals surface area contributed by atoms with Gasteiger partial charge in [-0.1, -0.05) is 25.0 Å². The summed E-state index contributed by atoms with van der Waals surface area (Å²) in [4.78, 5) is 28.3. The average molecular weight is 389 g/mol. The summed E-state index contributed by atoms with van der Waals surface area (Å²) in [7, 11) is 0. The number of nitrogens with one attached hydrogen (secondary N) is 3. The number of benzene rings is 2. The van der Waals surface area contributed by atoms with Crippen LogP contribution in [0.25, 0.3) is 10.9 Å². The minimum absolute atomic E-state index is 0.106. The molecule has 1 aliphatic rings. The Labute approximate surface area is 170 Å². The molecule has 2 amide bonds. The lowest BCUT2D eigenvalue weighted by atomic mass is 10.1. The lowest BCUT2D eigenvalue weighted by molar-refractivity contribution is -0.119. The van der Waals surface area contributed by atoms with Gasteiger partial charge in [0.05, 0.1) is 0 Å². The van der Waals surface area contributed by atoms with Gasteiger partial charge in [-0.05, 0) is 68.1 Å². The van der Waals surface area contributed by atoms with Crippen molar-refractivity contribution in [3.05, 3.63) is 64.8 Å². The second-order valence-electron chi connectivity index (χ2n) is 7.99. The van der Waals surface area contributed by atoms with E-state index < -0.39 is 0 Å². The summed E-state index contributed by atoms with van der Waals surface area (Å²) in [6.45, 7) is 4.50. The highest BCUT2D eigenvalue weighted by Crippen LogP contribution is 2.26. The van der Waals surface area contributed by atoms with E-state index in [1.54, 1.807) is 0 Å². The second kappa shape index (κ2) is 8.11. The van der Waals surface area contributed by atoms with Gasteiger partial charge in [-0.2, -0.15) is 0 Å². The monoisotopic (exact) mass is 389 g/mol. The molecule has 3 aromatic rings. The smallest absolute Gasteiger partial charge is 0.251 e. The third-order valence-electron chi connectivity index (χ3n) is 5.94. The van der Waals surface area contributed by atoms with Gasteiger partial charge in [-0.15, -0.1) is 0 Å². The maximum atomic E-state index is 12.6. The highest BCUT2D eigenvalue weighted by Gasteiger charge is 2.22. The van der Waals surface area contributed by atoms with Crippen LogP contribution in [-0.4, -0.2) is 16.8 Å². The zero-order valence-electron chi connectivity index (χ0n) is 17.0. The number of carbonyl (C=O) groups is 2. The zero-order chi connectivity index (χ0) is 20.4. The zero-order valence-corrected chi connectivity index (χ0v) is 17.0. The number of rotatable bonds is 5. The standard InChI is InChI=1S/C24H27N3O2/c1-15-16(2)26-22-11-10-19(13-21(15)22)23(28)25-14-17-6-5-9-20(12-17)27-24(29)18-7-3-4-8-18/h5-6,9-13,18,26H,3-4,7-8,14H2,1-2H3,(H,25,28)(H,27,29). The van der Waals surface area contributed by atoms with Gasteiger partial charge in [-0.25, -0.2) is 0 Å². The molecular formula is C24H27N3O2. The van der Waals surface area contributed by atoms with Crippen molar-refractivity contribution in [1.82, 2.24) is 10.3 Å². The van der Waals surface area contributed by atoms with E-state index in [1.807, 2.05) is 49.4 Å². The Balaban J connectivity index is 1.40. The van der Waals surface area contributed by atoms with Gasteiger partial charge in [0, 0.05) is 40.3 Å². The molecule has 0 spiro atoms. The molecular weight excluding hydrogens is 362 g/mol. The highest BCUT2D eigenvalue weighted by molar-refractivity contribution is 5.99. The second-order valence-corrected chi connectivity index (χ2v) is 7.99.